The highest BCUT2D eigenvalue weighted by molar-refractivity contribution is 5.90. The van der Waals surface area contributed by atoms with E-state index in [1.807, 2.05) is 0 Å². The first-order valence-corrected chi connectivity index (χ1v) is 4.64. The maximum absolute atomic E-state index is 11.0. The molecule has 0 unspecified atom stereocenters. The Hall–Kier alpha value is -2.21. The molecule has 0 aromatic carbocycles. The first kappa shape index (κ1) is 10.3. The third-order valence-electron chi connectivity index (χ3n) is 2.11. The molecule has 0 bridgehead atoms. The van der Waals surface area contributed by atoms with Gasteiger partial charge in [0.2, 0.25) is 0 Å². The minimum Gasteiger partial charge on any atom is -0.478 e. The Balaban J connectivity index is 2.50. The molecule has 2 heterocycles. The summed E-state index contributed by atoms with van der Waals surface area (Å²) in [5, 5.41) is 13.0. The largest absolute Gasteiger partial charge is 0.478 e. The lowest BCUT2D eigenvalue weighted by Crippen LogP contribution is -2.07. The van der Waals surface area contributed by atoms with Gasteiger partial charge in [0.05, 0.1) is 6.20 Å². The predicted octanol–water partition coefficient (Wildman–Crippen LogP) is 0.424. The molecular formula is C10H10N4O2. The monoisotopic (exact) mass is 218 g/mol. The Morgan fingerprint density at radius 3 is 3.00 bits per heavy atom. The zero-order valence-corrected chi connectivity index (χ0v) is 8.37. The molecular weight excluding hydrogens is 208 g/mol. The van der Waals surface area contributed by atoms with Crippen LogP contribution in [-0.2, 0) is 6.54 Å². The lowest BCUT2D eigenvalue weighted by Gasteiger charge is -2.03. The van der Waals surface area contributed by atoms with Crippen molar-refractivity contribution in [3.05, 3.63) is 41.9 Å². The number of hydrogen-bond donors (Lipinski definition) is 2. The fourth-order valence-electron chi connectivity index (χ4n) is 1.33. The van der Waals surface area contributed by atoms with Crippen LogP contribution in [0.5, 0.6) is 0 Å². The Morgan fingerprint density at radius 1 is 1.56 bits per heavy atom. The van der Waals surface area contributed by atoms with Gasteiger partial charge in [0, 0.05) is 24.5 Å². The fourth-order valence-corrected chi connectivity index (χ4v) is 1.33. The van der Waals surface area contributed by atoms with Gasteiger partial charge in [0.1, 0.15) is 5.56 Å². The van der Waals surface area contributed by atoms with Crippen molar-refractivity contribution in [1.82, 2.24) is 14.8 Å². The zero-order valence-electron chi connectivity index (χ0n) is 8.37. The van der Waals surface area contributed by atoms with Crippen LogP contribution in [0.4, 0.5) is 0 Å². The Bertz CT molecular complexity index is 521. The molecule has 2 rings (SSSR count). The number of carboxylic acid groups (broad SMARTS) is 1. The Labute approximate surface area is 91.3 Å². The maximum atomic E-state index is 11.0. The molecule has 0 atom stereocenters. The standard InChI is InChI=1S/C10H10N4O2/c11-4-7-5-13-14(6-7)9-8(10(15)16)2-1-3-12-9/h1-3,5-6H,4,11H2,(H,15,16). The van der Waals surface area contributed by atoms with Crippen LogP contribution in [0.3, 0.4) is 0 Å². The zero-order chi connectivity index (χ0) is 11.5. The van der Waals surface area contributed by atoms with Crippen LogP contribution in [0, 0.1) is 0 Å². The number of aromatic nitrogens is 3. The molecule has 6 nitrogen and oxygen atoms in total. The van der Waals surface area contributed by atoms with E-state index in [0.717, 1.165) is 5.56 Å². The van der Waals surface area contributed by atoms with E-state index >= 15 is 0 Å². The van der Waals surface area contributed by atoms with E-state index in [0.29, 0.717) is 6.54 Å². The molecule has 0 radical (unpaired) electrons. The highest BCUT2D eigenvalue weighted by Gasteiger charge is 2.12. The van der Waals surface area contributed by atoms with Crippen LogP contribution in [0.25, 0.3) is 5.82 Å². The molecule has 2 aromatic rings. The molecule has 3 N–H and O–H groups in total. The molecule has 82 valence electrons. The van der Waals surface area contributed by atoms with E-state index in [9.17, 15) is 4.79 Å². The van der Waals surface area contributed by atoms with Crippen molar-refractivity contribution in [3.8, 4) is 5.82 Å². The molecule has 6 heteroatoms. The van der Waals surface area contributed by atoms with E-state index in [1.165, 1.54) is 16.9 Å². The number of rotatable bonds is 3. The summed E-state index contributed by atoms with van der Waals surface area (Å²) < 4.78 is 1.41. The van der Waals surface area contributed by atoms with Crippen molar-refractivity contribution < 1.29 is 9.90 Å². The number of pyridine rings is 1. The number of hydrogen-bond acceptors (Lipinski definition) is 4. The van der Waals surface area contributed by atoms with Crippen molar-refractivity contribution >= 4 is 5.97 Å². The van der Waals surface area contributed by atoms with Gasteiger partial charge in [-0.05, 0) is 12.1 Å². The van der Waals surface area contributed by atoms with Crippen molar-refractivity contribution in [3.63, 3.8) is 0 Å². The third kappa shape index (κ3) is 1.78. The molecule has 0 fully saturated rings. The predicted molar refractivity (Wildman–Crippen MR) is 56.2 cm³/mol. The molecule has 0 aliphatic rings. The number of aromatic carboxylic acids is 1. The van der Waals surface area contributed by atoms with Gasteiger partial charge in [-0.3, -0.25) is 0 Å². The second-order valence-corrected chi connectivity index (χ2v) is 3.18. The molecule has 0 amide bonds. The summed E-state index contributed by atoms with van der Waals surface area (Å²) in [5.41, 5.74) is 6.38. The van der Waals surface area contributed by atoms with Crippen LogP contribution in [0.1, 0.15) is 15.9 Å². The third-order valence-corrected chi connectivity index (χ3v) is 2.11. The van der Waals surface area contributed by atoms with Gasteiger partial charge in [0.15, 0.2) is 5.82 Å². The highest BCUT2D eigenvalue weighted by Crippen LogP contribution is 2.11. The average Bonchev–Trinajstić information content (AvgIpc) is 2.77. The van der Waals surface area contributed by atoms with Gasteiger partial charge >= 0.3 is 5.97 Å². The second-order valence-electron chi connectivity index (χ2n) is 3.18. The van der Waals surface area contributed by atoms with Crippen LogP contribution in [-0.4, -0.2) is 25.8 Å². The lowest BCUT2D eigenvalue weighted by molar-refractivity contribution is 0.0696. The summed E-state index contributed by atoms with van der Waals surface area (Å²) in [6.45, 7) is 0.356. The van der Waals surface area contributed by atoms with Gasteiger partial charge in [0.25, 0.3) is 0 Å². The first-order valence-electron chi connectivity index (χ1n) is 4.64. The molecule has 0 spiro atoms. The summed E-state index contributed by atoms with van der Waals surface area (Å²) in [4.78, 5) is 15.0. The number of carbonyl (C=O) groups is 1. The SMILES string of the molecule is NCc1cnn(-c2ncccc2C(=O)O)c1. The summed E-state index contributed by atoms with van der Waals surface area (Å²) in [5.74, 6) is -0.748. The Kier molecular flexibility index (Phi) is 2.65. The lowest BCUT2D eigenvalue weighted by atomic mass is 10.2. The summed E-state index contributed by atoms with van der Waals surface area (Å²) in [6, 6.07) is 3.05. The second kappa shape index (κ2) is 4.11. The topological polar surface area (TPSA) is 94.0 Å². The van der Waals surface area contributed by atoms with Crippen molar-refractivity contribution in [2.24, 2.45) is 5.73 Å². The normalized spacial score (nSPS) is 10.3. The molecule has 0 saturated heterocycles. The van der Waals surface area contributed by atoms with Gasteiger partial charge in [-0.2, -0.15) is 5.10 Å². The highest BCUT2D eigenvalue weighted by atomic mass is 16.4. The van der Waals surface area contributed by atoms with Gasteiger partial charge in [-0.1, -0.05) is 0 Å². The van der Waals surface area contributed by atoms with E-state index in [2.05, 4.69) is 10.1 Å². The smallest absolute Gasteiger partial charge is 0.339 e. The van der Waals surface area contributed by atoms with Crippen LogP contribution >= 0.6 is 0 Å². The quantitative estimate of drug-likeness (QED) is 0.778. The van der Waals surface area contributed by atoms with Gasteiger partial charge in [-0.15, -0.1) is 0 Å². The first-order chi connectivity index (χ1) is 7.72. The van der Waals surface area contributed by atoms with Crippen molar-refractivity contribution in [2.75, 3.05) is 0 Å². The number of nitrogens with two attached hydrogens (primary N) is 1. The van der Waals surface area contributed by atoms with Gasteiger partial charge in [-0.25, -0.2) is 14.5 Å². The Morgan fingerprint density at radius 2 is 2.38 bits per heavy atom. The molecule has 0 saturated carbocycles. The number of carboxylic acids is 1. The van der Waals surface area contributed by atoms with E-state index in [4.69, 9.17) is 10.8 Å². The molecule has 0 aliphatic carbocycles. The van der Waals surface area contributed by atoms with Crippen molar-refractivity contribution in [2.45, 2.75) is 6.54 Å². The van der Waals surface area contributed by atoms with Gasteiger partial charge < -0.3 is 10.8 Å². The fraction of sp³-hybridized carbons (Fsp3) is 0.100. The maximum Gasteiger partial charge on any atom is 0.339 e. The number of nitrogens with zero attached hydrogens (tertiary/aromatic N) is 3. The van der Waals surface area contributed by atoms with E-state index in [1.54, 1.807) is 18.5 Å². The summed E-state index contributed by atoms with van der Waals surface area (Å²) in [7, 11) is 0. The molecule has 0 aliphatic heterocycles. The van der Waals surface area contributed by atoms with Crippen LogP contribution < -0.4 is 5.73 Å². The van der Waals surface area contributed by atoms with Crippen LogP contribution in [0.2, 0.25) is 0 Å². The minimum atomic E-state index is -1.03. The molecule has 2 aromatic heterocycles. The van der Waals surface area contributed by atoms with E-state index < -0.39 is 5.97 Å². The molecule has 16 heavy (non-hydrogen) atoms. The minimum absolute atomic E-state index is 0.106. The average molecular weight is 218 g/mol. The summed E-state index contributed by atoms with van der Waals surface area (Å²) in [6.07, 6.45) is 4.76. The van der Waals surface area contributed by atoms with E-state index in [-0.39, 0.29) is 11.4 Å². The van der Waals surface area contributed by atoms with Crippen molar-refractivity contribution in [1.29, 1.82) is 0 Å². The van der Waals surface area contributed by atoms with Crippen LogP contribution in [0.15, 0.2) is 30.7 Å². The summed E-state index contributed by atoms with van der Waals surface area (Å²) >= 11 is 0.